The molecule has 0 unspecified atom stereocenters. The highest BCUT2D eigenvalue weighted by atomic mass is 32.2. The summed E-state index contributed by atoms with van der Waals surface area (Å²) >= 11 is 0. The van der Waals surface area contributed by atoms with Gasteiger partial charge in [-0.1, -0.05) is 23.8 Å². The summed E-state index contributed by atoms with van der Waals surface area (Å²) in [4.78, 5) is 14.5. The number of nitrogens with one attached hydrogen (secondary N) is 1. The van der Waals surface area contributed by atoms with E-state index in [-0.39, 0.29) is 42.5 Å². The molecule has 1 fully saturated rings. The summed E-state index contributed by atoms with van der Waals surface area (Å²) in [6.07, 6.45) is 1.14. The number of piperazine rings is 1. The van der Waals surface area contributed by atoms with Gasteiger partial charge in [-0.15, -0.1) is 0 Å². The van der Waals surface area contributed by atoms with Gasteiger partial charge in [0, 0.05) is 37.4 Å². The summed E-state index contributed by atoms with van der Waals surface area (Å²) in [5.74, 6) is -0.324. The molecule has 1 aliphatic rings. The number of carbonyl (C=O) groups is 1. The summed E-state index contributed by atoms with van der Waals surface area (Å²) in [5, 5.41) is 0. The summed E-state index contributed by atoms with van der Waals surface area (Å²) in [6, 6.07) is 11.5. The van der Waals surface area contributed by atoms with Gasteiger partial charge in [0.25, 0.3) is 15.9 Å². The van der Waals surface area contributed by atoms with Crippen LogP contribution in [0, 0.1) is 13.8 Å². The number of hydrogen-bond acceptors (Lipinski definition) is 5. The minimum Gasteiger partial charge on any atom is -0.336 e. The fourth-order valence-corrected chi connectivity index (χ4v) is 5.42. The third-order valence-corrected chi connectivity index (χ3v) is 7.85. The molecule has 10 heteroatoms. The zero-order valence-electron chi connectivity index (χ0n) is 17.1. The van der Waals surface area contributed by atoms with Gasteiger partial charge in [-0.2, -0.15) is 4.31 Å². The third-order valence-electron chi connectivity index (χ3n) is 5.02. The van der Waals surface area contributed by atoms with Gasteiger partial charge in [-0.3, -0.25) is 9.52 Å². The Labute approximate surface area is 177 Å². The van der Waals surface area contributed by atoms with Gasteiger partial charge in [0.2, 0.25) is 10.0 Å². The van der Waals surface area contributed by atoms with Crippen molar-refractivity contribution >= 4 is 31.6 Å². The van der Waals surface area contributed by atoms with Crippen LogP contribution in [0.1, 0.15) is 21.5 Å². The first-order valence-corrected chi connectivity index (χ1v) is 12.7. The molecule has 1 heterocycles. The molecule has 162 valence electrons. The zero-order chi connectivity index (χ0) is 22.1. The second-order valence-electron chi connectivity index (χ2n) is 7.41. The minimum absolute atomic E-state index is 0.0312. The Bertz CT molecular complexity index is 1150. The van der Waals surface area contributed by atoms with Crippen LogP contribution >= 0.6 is 0 Å². The van der Waals surface area contributed by atoms with Crippen LogP contribution in [-0.2, 0) is 20.0 Å². The lowest BCUT2D eigenvalue weighted by molar-refractivity contribution is 0.0698. The SMILES string of the molecule is Cc1ccc(NS(=O)(=O)c2cc(C(=O)N3CCN(S(C)(=O)=O)CC3)ccc2C)cc1. The van der Waals surface area contributed by atoms with Crippen molar-refractivity contribution in [1.82, 2.24) is 9.21 Å². The molecule has 2 aromatic rings. The second-order valence-corrected chi connectivity index (χ2v) is 11.0. The van der Waals surface area contributed by atoms with Crippen LogP contribution in [0.15, 0.2) is 47.4 Å². The molecular weight excluding hydrogens is 426 g/mol. The van der Waals surface area contributed by atoms with Gasteiger partial charge in [0.15, 0.2) is 0 Å². The lowest BCUT2D eigenvalue weighted by Crippen LogP contribution is -2.50. The second kappa shape index (κ2) is 8.37. The van der Waals surface area contributed by atoms with Gasteiger partial charge in [0.05, 0.1) is 11.2 Å². The maximum atomic E-state index is 12.9. The monoisotopic (exact) mass is 451 g/mol. The molecule has 0 atom stereocenters. The van der Waals surface area contributed by atoms with E-state index < -0.39 is 20.0 Å². The van der Waals surface area contributed by atoms with Crippen molar-refractivity contribution in [1.29, 1.82) is 0 Å². The fourth-order valence-electron chi connectivity index (χ4n) is 3.26. The van der Waals surface area contributed by atoms with E-state index in [0.29, 0.717) is 11.3 Å². The number of carbonyl (C=O) groups excluding carboxylic acids is 1. The van der Waals surface area contributed by atoms with Crippen LogP contribution in [0.4, 0.5) is 5.69 Å². The number of rotatable bonds is 5. The van der Waals surface area contributed by atoms with Gasteiger partial charge in [0.1, 0.15) is 0 Å². The van der Waals surface area contributed by atoms with Crippen molar-refractivity contribution in [2.75, 3.05) is 37.2 Å². The molecule has 0 saturated carbocycles. The Morgan fingerprint density at radius 2 is 1.50 bits per heavy atom. The lowest BCUT2D eigenvalue weighted by atomic mass is 10.1. The van der Waals surface area contributed by atoms with Crippen LogP contribution in [0.2, 0.25) is 0 Å². The van der Waals surface area contributed by atoms with Crippen molar-refractivity contribution in [3.05, 3.63) is 59.2 Å². The first kappa shape index (κ1) is 22.3. The van der Waals surface area contributed by atoms with E-state index in [1.54, 1.807) is 43.3 Å². The average molecular weight is 452 g/mol. The van der Waals surface area contributed by atoms with Crippen LogP contribution in [-0.4, -0.2) is 64.4 Å². The summed E-state index contributed by atoms with van der Waals surface area (Å²) in [7, 11) is -7.18. The highest BCUT2D eigenvalue weighted by Gasteiger charge is 2.27. The van der Waals surface area contributed by atoms with Crippen LogP contribution < -0.4 is 4.72 Å². The Balaban J connectivity index is 1.81. The number of hydrogen-bond donors (Lipinski definition) is 1. The maximum Gasteiger partial charge on any atom is 0.262 e. The number of sulfonamides is 2. The largest absolute Gasteiger partial charge is 0.336 e. The summed E-state index contributed by atoms with van der Waals surface area (Å²) in [5.41, 5.74) is 2.22. The Kier molecular flexibility index (Phi) is 6.21. The molecule has 1 aliphatic heterocycles. The molecule has 1 amide bonds. The Morgan fingerprint density at radius 3 is 2.07 bits per heavy atom. The number of anilines is 1. The van der Waals surface area contributed by atoms with Gasteiger partial charge in [-0.05, 0) is 43.7 Å². The van der Waals surface area contributed by atoms with Crippen molar-refractivity contribution in [2.24, 2.45) is 0 Å². The lowest BCUT2D eigenvalue weighted by Gasteiger charge is -2.33. The van der Waals surface area contributed by atoms with Crippen molar-refractivity contribution in [3.63, 3.8) is 0 Å². The maximum absolute atomic E-state index is 12.9. The molecule has 0 spiro atoms. The topological polar surface area (TPSA) is 104 Å². The zero-order valence-corrected chi connectivity index (χ0v) is 18.8. The predicted octanol–water partition coefficient (Wildman–Crippen LogP) is 1.82. The first-order valence-electron chi connectivity index (χ1n) is 9.42. The van der Waals surface area contributed by atoms with E-state index in [1.807, 2.05) is 6.92 Å². The van der Waals surface area contributed by atoms with Crippen molar-refractivity contribution < 1.29 is 21.6 Å². The number of benzene rings is 2. The highest BCUT2D eigenvalue weighted by Crippen LogP contribution is 2.22. The summed E-state index contributed by atoms with van der Waals surface area (Å²) in [6.45, 7) is 4.52. The highest BCUT2D eigenvalue weighted by molar-refractivity contribution is 7.92. The Morgan fingerprint density at radius 1 is 0.900 bits per heavy atom. The molecule has 1 N–H and O–H groups in total. The average Bonchev–Trinajstić information content (AvgIpc) is 2.69. The Hall–Kier alpha value is -2.43. The summed E-state index contributed by atoms with van der Waals surface area (Å²) < 4.78 is 53.0. The molecule has 0 radical (unpaired) electrons. The van der Waals surface area contributed by atoms with E-state index in [9.17, 15) is 21.6 Å². The number of nitrogens with zero attached hydrogens (tertiary/aromatic N) is 2. The molecule has 0 aromatic heterocycles. The van der Waals surface area contributed by atoms with Crippen molar-refractivity contribution in [2.45, 2.75) is 18.7 Å². The number of amides is 1. The fraction of sp³-hybridized carbons (Fsp3) is 0.350. The molecule has 3 rings (SSSR count). The van der Waals surface area contributed by atoms with E-state index in [2.05, 4.69) is 4.72 Å². The molecule has 2 aromatic carbocycles. The first-order chi connectivity index (χ1) is 14.0. The van der Waals surface area contributed by atoms with E-state index in [4.69, 9.17) is 0 Å². The molecule has 0 aliphatic carbocycles. The predicted molar refractivity (Wildman–Crippen MR) is 115 cm³/mol. The van der Waals surface area contributed by atoms with Crippen LogP contribution in [0.25, 0.3) is 0 Å². The van der Waals surface area contributed by atoms with Gasteiger partial charge in [-0.25, -0.2) is 16.8 Å². The van der Waals surface area contributed by atoms with Crippen molar-refractivity contribution in [3.8, 4) is 0 Å². The van der Waals surface area contributed by atoms with Gasteiger partial charge < -0.3 is 4.90 Å². The third kappa shape index (κ3) is 5.00. The molecule has 1 saturated heterocycles. The molecular formula is C20H25N3O5S2. The standard InChI is InChI=1S/C20H25N3O5S2/c1-15-4-8-18(9-5-15)21-30(27,28)19-14-17(7-6-16(19)2)20(24)22-10-12-23(13-11-22)29(3,25)26/h4-9,14,21H,10-13H2,1-3H3. The quantitative estimate of drug-likeness (QED) is 0.747. The van der Waals surface area contributed by atoms with Gasteiger partial charge >= 0.3 is 0 Å². The normalized spacial score (nSPS) is 15.8. The van der Waals surface area contributed by atoms with E-state index in [0.717, 1.165) is 11.8 Å². The van der Waals surface area contributed by atoms with E-state index in [1.165, 1.54) is 15.3 Å². The smallest absolute Gasteiger partial charge is 0.262 e. The number of aryl methyl sites for hydroxylation is 2. The van der Waals surface area contributed by atoms with E-state index >= 15 is 0 Å². The van der Waals surface area contributed by atoms with Crippen LogP contribution in [0.3, 0.4) is 0 Å². The molecule has 8 nitrogen and oxygen atoms in total. The molecule has 0 bridgehead atoms. The minimum atomic E-state index is -3.88. The van der Waals surface area contributed by atoms with Crippen LogP contribution in [0.5, 0.6) is 0 Å². The molecule has 30 heavy (non-hydrogen) atoms.